The molecule has 6 nitrogen and oxygen atoms in total. The van der Waals surface area contributed by atoms with E-state index in [0.29, 0.717) is 22.9 Å². The Morgan fingerprint density at radius 1 is 1.08 bits per heavy atom. The zero-order chi connectivity index (χ0) is 18.3. The number of H-pyrrole nitrogens is 1. The third kappa shape index (κ3) is 2.65. The van der Waals surface area contributed by atoms with E-state index >= 15 is 0 Å². The van der Waals surface area contributed by atoms with E-state index in [0.717, 1.165) is 11.3 Å². The number of carbonyl (C=O) groups is 1. The molecule has 0 amide bonds. The van der Waals surface area contributed by atoms with Gasteiger partial charge in [-0.15, -0.1) is 0 Å². The van der Waals surface area contributed by atoms with Crippen LogP contribution in [0.5, 0.6) is 0 Å². The first-order valence-corrected chi connectivity index (χ1v) is 8.30. The maximum atomic E-state index is 11.5. The number of fused-ring (bicyclic) bond motifs is 1. The summed E-state index contributed by atoms with van der Waals surface area (Å²) in [5.41, 5.74) is 3.08. The number of nitrogens with zero attached hydrogens (tertiary/aromatic N) is 2. The van der Waals surface area contributed by atoms with Crippen molar-refractivity contribution in [3.63, 3.8) is 0 Å². The number of imidazole rings is 1. The highest BCUT2D eigenvalue weighted by molar-refractivity contribution is 6.08. The maximum Gasteiger partial charge on any atom is 0.336 e. The van der Waals surface area contributed by atoms with Crippen molar-refractivity contribution in [2.24, 2.45) is 4.99 Å². The van der Waals surface area contributed by atoms with Gasteiger partial charge in [0.15, 0.2) is 11.7 Å². The average Bonchev–Trinajstić information content (AvgIpc) is 3.11. The van der Waals surface area contributed by atoms with Crippen LogP contribution in [0.15, 0.2) is 59.7 Å². The van der Waals surface area contributed by atoms with Crippen LogP contribution in [0, 0.1) is 0 Å². The van der Waals surface area contributed by atoms with E-state index < -0.39 is 5.97 Å². The molecule has 2 aromatic carbocycles. The summed E-state index contributed by atoms with van der Waals surface area (Å²) in [4.78, 5) is 23.9. The molecular formula is C20H18N4O2. The van der Waals surface area contributed by atoms with Gasteiger partial charge in [0.2, 0.25) is 0 Å². The molecule has 0 bridgehead atoms. The lowest BCUT2D eigenvalue weighted by Crippen LogP contribution is -2.29. The van der Waals surface area contributed by atoms with Crippen molar-refractivity contribution in [3.05, 3.63) is 71.7 Å². The van der Waals surface area contributed by atoms with E-state index in [4.69, 9.17) is 4.99 Å². The summed E-state index contributed by atoms with van der Waals surface area (Å²) in [6, 6.07) is 14.9. The van der Waals surface area contributed by atoms with Gasteiger partial charge in [0, 0.05) is 23.0 Å². The molecule has 2 heterocycles. The molecule has 4 rings (SSSR count). The van der Waals surface area contributed by atoms with Crippen LogP contribution in [0.2, 0.25) is 0 Å². The highest BCUT2D eigenvalue weighted by atomic mass is 16.4. The van der Waals surface area contributed by atoms with Crippen LogP contribution >= 0.6 is 0 Å². The lowest BCUT2D eigenvalue weighted by Gasteiger charge is -2.30. The Morgan fingerprint density at radius 3 is 2.62 bits per heavy atom. The standard InChI is InChI=1S/C20H18N4O2/c1-20(2)14-9-5-6-10-15(14)22-18(24-20)17-21-11-16(23-17)12-7-3-4-8-13(12)19(25)26/h3-11H,1-2H3,(H,21,23)(H,22,24)(H,25,26). The van der Waals surface area contributed by atoms with Gasteiger partial charge in [-0.3, -0.25) is 4.99 Å². The number of hydrogen-bond acceptors (Lipinski definition) is 4. The Morgan fingerprint density at radius 2 is 1.81 bits per heavy atom. The third-order valence-electron chi connectivity index (χ3n) is 4.47. The summed E-state index contributed by atoms with van der Waals surface area (Å²) in [7, 11) is 0. The number of aromatic amines is 1. The topological polar surface area (TPSA) is 90.4 Å². The molecule has 26 heavy (non-hydrogen) atoms. The summed E-state index contributed by atoms with van der Waals surface area (Å²) >= 11 is 0. The molecule has 130 valence electrons. The number of aliphatic imine (C=N–C) groups is 1. The molecule has 0 radical (unpaired) electrons. The minimum Gasteiger partial charge on any atom is -0.478 e. The van der Waals surface area contributed by atoms with Gasteiger partial charge in [-0.1, -0.05) is 36.4 Å². The lowest BCUT2D eigenvalue weighted by atomic mass is 9.92. The molecule has 1 aliphatic rings. The van der Waals surface area contributed by atoms with Crippen molar-refractivity contribution in [2.75, 3.05) is 5.32 Å². The second-order valence-electron chi connectivity index (χ2n) is 6.68. The second kappa shape index (κ2) is 5.84. The van der Waals surface area contributed by atoms with E-state index in [1.54, 1.807) is 30.5 Å². The number of rotatable bonds is 3. The normalized spacial score (nSPS) is 14.9. The lowest BCUT2D eigenvalue weighted by molar-refractivity contribution is 0.0697. The summed E-state index contributed by atoms with van der Waals surface area (Å²) in [5, 5.41) is 12.7. The number of para-hydroxylation sites is 1. The third-order valence-corrected chi connectivity index (χ3v) is 4.47. The van der Waals surface area contributed by atoms with Crippen molar-refractivity contribution in [3.8, 4) is 11.3 Å². The molecule has 1 aliphatic heterocycles. The van der Waals surface area contributed by atoms with Crippen molar-refractivity contribution in [2.45, 2.75) is 19.4 Å². The molecule has 0 unspecified atom stereocenters. The SMILES string of the molecule is CC1(C)N=C(c2nc(-c3ccccc3C(=O)O)c[nH]2)Nc2ccccc21. The van der Waals surface area contributed by atoms with Crippen molar-refractivity contribution < 1.29 is 9.90 Å². The fraction of sp³-hybridized carbons (Fsp3) is 0.150. The summed E-state index contributed by atoms with van der Waals surface area (Å²) < 4.78 is 0. The van der Waals surface area contributed by atoms with Crippen LogP contribution in [-0.2, 0) is 5.54 Å². The fourth-order valence-corrected chi connectivity index (χ4v) is 3.21. The van der Waals surface area contributed by atoms with Crippen molar-refractivity contribution >= 4 is 17.5 Å². The Labute approximate surface area is 150 Å². The average molecular weight is 346 g/mol. The number of carboxylic acid groups (broad SMARTS) is 1. The van der Waals surface area contributed by atoms with Crippen molar-refractivity contribution in [1.82, 2.24) is 9.97 Å². The molecule has 0 saturated heterocycles. The number of amidine groups is 1. The number of hydrogen-bond donors (Lipinski definition) is 3. The first-order chi connectivity index (χ1) is 12.5. The van der Waals surface area contributed by atoms with Gasteiger partial charge in [0.05, 0.1) is 16.8 Å². The van der Waals surface area contributed by atoms with Gasteiger partial charge in [0.25, 0.3) is 0 Å². The van der Waals surface area contributed by atoms with Gasteiger partial charge in [0.1, 0.15) is 0 Å². The molecule has 0 aliphatic carbocycles. The highest BCUT2D eigenvalue weighted by Crippen LogP contribution is 2.35. The van der Waals surface area contributed by atoms with Gasteiger partial charge >= 0.3 is 5.97 Å². The molecule has 1 aromatic heterocycles. The maximum absolute atomic E-state index is 11.5. The Kier molecular flexibility index (Phi) is 3.61. The predicted molar refractivity (Wildman–Crippen MR) is 101 cm³/mol. The number of nitrogens with one attached hydrogen (secondary N) is 2. The van der Waals surface area contributed by atoms with E-state index in [1.807, 2.05) is 18.2 Å². The molecule has 0 atom stereocenters. The zero-order valence-electron chi connectivity index (χ0n) is 14.4. The molecule has 0 spiro atoms. The number of benzene rings is 2. The molecule has 6 heteroatoms. The smallest absolute Gasteiger partial charge is 0.336 e. The van der Waals surface area contributed by atoms with E-state index in [-0.39, 0.29) is 11.1 Å². The minimum absolute atomic E-state index is 0.217. The van der Waals surface area contributed by atoms with Crippen LogP contribution in [0.25, 0.3) is 11.3 Å². The highest BCUT2D eigenvalue weighted by Gasteiger charge is 2.29. The van der Waals surface area contributed by atoms with E-state index in [9.17, 15) is 9.90 Å². The van der Waals surface area contributed by atoms with Gasteiger partial charge < -0.3 is 15.4 Å². The quantitative estimate of drug-likeness (QED) is 0.671. The first kappa shape index (κ1) is 16.1. The molecule has 0 fully saturated rings. The molecular weight excluding hydrogens is 328 g/mol. The number of aromatic carboxylic acids is 1. The van der Waals surface area contributed by atoms with Crippen LogP contribution in [0.4, 0.5) is 5.69 Å². The van der Waals surface area contributed by atoms with E-state index in [1.165, 1.54) is 0 Å². The molecule has 0 saturated carbocycles. The van der Waals surface area contributed by atoms with Gasteiger partial charge in [-0.25, -0.2) is 9.78 Å². The number of aromatic nitrogens is 2. The summed E-state index contributed by atoms with van der Waals surface area (Å²) in [6.45, 7) is 4.10. The second-order valence-corrected chi connectivity index (χ2v) is 6.68. The zero-order valence-corrected chi connectivity index (χ0v) is 14.4. The Balaban J connectivity index is 1.74. The number of carboxylic acids is 1. The monoisotopic (exact) mass is 346 g/mol. The van der Waals surface area contributed by atoms with Crippen LogP contribution in [-0.4, -0.2) is 26.9 Å². The fourth-order valence-electron chi connectivity index (χ4n) is 3.21. The summed E-state index contributed by atoms with van der Waals surface area (Å²) in [6.07, 6.45) is 1.70. The van der Waals surface area contributed by atoms with Crippen LogP contribution in [0.3, 0.4) is 0 Å². The molecule has 3 aromatic rings. The largest absolute Gasteiger partial charge is 0.478 e. The Hall–Kier alpha value is -3.41. The van der Waals surface area contributed by atoms with Crippen LogP contribution in [0.1, 0.15) is 35.6 Å². The van der Waals surface area contributed by atoms with E-state index in [2.05, 4.69) is 35.2 Å². The van der Waals surface area contributed by atoms with Crippen molar-refractivity contribution in [1.29, 1.82) is 0 Å². The first-order valence-electron chi connectivity index (χ1n) is 8.30. The summed E-state index contributed by atoms with van der Waals surface area (Å²) in [5.74, 6) is 0.226. The Bertz CT molecular complexity index is 1030. The van der Waals surface area contributed by atoms with Crippen LogP contribution < -0.4 is 5.32 Å². The predicted octanol–water partition coefficient (Wildman–Crippen LogP) is 3.88. The number of anilines is 1. The van der Waals surface area contributed by atoms with Gasteiger partial charge in [-0.05, 0) is 26.0 Å². The van der Waals surface area contributed by atoms with Gasteiger partial charge in [-0.2, -0.15) is 0 Å². The molecule has 3 N–H and O–H groups in total. The minimum atomic E-state index is -0.978.